The zero-order valence-corrected chi connectivity index (χ0v) is 12.6. The molecule has 0 unspecified atom stereocenters. The Morgan fingerprint density at radius 2 is 1.73 bits per heavy atom. The fourth-order valence-corrected chi connectivity index (χ4v) is 2.27. The number of hydrogen-bond acceptors (Lipinski definition) is 4. The van der Waals surface area contributed by atoms with Gasteiger partial charge in [-0.1, -0.05) is 35.9 Å². The van der Waals surface area contributed by atoms with Gasteiger partial charge in [-0.15, -0.1) is 0 Å². The maximum atomic E-state index is 10.5. The first-order valence-corrected chi connectivity index (χ1v) is 7.77. The molecule has 0 saturated carbocycles. The van der Waals surface area contributed by atoms with E-state index in [-0.39, 0.29) is 4.90 Å². The molecule has 0 aliphatic carbocycles. The molecule has 0 aliphatic heterocycles. The molecule has 0 amide bonds. The van der Waals surface area contributed by atoms with Gasteiger partial charge >= 0.3 is 0 Å². The van der Waals surface area contributed by atoms with Crippen molar-refractivity contribution in [2.45, 2.75) is 11.8 Å². The highest BCUT2D eigenvalue weighted by Gasteiger charge is 2.06. The average Bonchev–Trinajstić information content (AvgIpc) is 2.90. The van der Waals surface area contributed by atoms with E-state index in [9.17, 15) is 13.2 Å². The maximum absolute atomic E-state index is 10.5. The number of hydrogen-bond donors (Lipinski definition) is 1. The lowest BCUT2D eigenvalue weighted by Crippen LogP contribution is -1.96. The number of nitrogens with zero attached hydrogens (tertiary/aromatic N) is 2. The van der Waals surface area contributed by atoms with Gasteiger partial charge in [0.15, 0.2) is 0 Å². The molecule has 2 aromatic carbocycles. The number of carbonyl (C=O) groups is 1. The van der Waals surface area contributed by atoms with E-state index in [0.29, 0.717) is 6.41 Å². The normalized spacial score (nSPS) is 10.8. The van der Waals surface area contributed by atoms with Crippen LogP contribution in [0.1, 0.15) is 5.56 Å². The molecule has 22 heavy (non-hydrogen) atoms. The molecule has 0 spiro atoms. The summed E-state index contributed by atoms with van der Waals surface area (Å²) in [6.45, 7) is 1.84. The van der Waals surface area contributed by atoms with Crippen molar-refractivity contribution in [1.29, 1.82) is 0 Å². The molecule has 114 valence electrons. The van der Waals surface area contributed by atoms with E-state index in [1.165, 1.54) is 16.8 Å². The van der Waals surface area contributed by atoms with Gasteiger partial charge in [0, 0.05) is 5.39 Å². The Balaban J connectivity index is 0.000000160. The van der Waals surface area contributed by atoms with Gasteiger partial charge < -0.3 is 0 Å². The molecule has 1 aromatic heterocycles. The number of carbonyl (C=O) groups excluding carboxylic acids is 1. The summed E-state index contributed by atoms with van der Waals surface area (Å²) < 4.78 is 30.9. The van der Waals surface area contributed by atoms with E-state index in [4.69, 9.17) is 4.55 Å². The third-order valence-corrected chi connectivity index (χ3v) is 3.79. The predicted molar refractivity (Wildman–Crippen MR) is 82.9 cm³/mol. The van der Waals surface area contributed by atoms with Gasteiger partial charge in [-0.3, -0.25) is 9.35 Å². The van der Waals surface area contributed by atoms with E-state index >= 15 is 0 Å². The number of benzene rings is 2. The summed E-state index contributed by atoms with van der Waals surface area (Å²) in [7, 11) is -4.02. The van der Waals surface area contributed by atoms with Crippen LogP contribution in [0.25, 0.3) is 10.9 Å². The lowest BCUT2D eigenvalue weighted by molar-refractivity contribution is 0.483. The van der Waals surface area contributed by atoms with Crippen molar-refractivity contribution >= 4 is 27.4 Å². The third-order valence-electron chi connectivity index (χ3n) is 2.92. The van der Waals surface area contributed by atoms with Crippen LogP contribution in [-0.4, -0.2) is 29.2 Å². The highest BCUT2D eigenvalue weighted by atomic mass is 32.2. The highest BCUT2D eigenvalue weighted by molar-refractivity contribution is 7.85. The molecule has 3 aromatic rings. The number of rotatable bonds is 2. The van der Waals surface area contributed by atoms with E-state index in [1.54, 1.807) is 18.3 Å². The summed E-state index contributed by atoms with van der Waals surface area (Å²) in [4.78, 5) is 10.3. The van der Waals surface area contributed by atoms with Gasteiger partial charge in [-0.25, -0.2) is 4.68 Å². The van der Waals surface area contributed by atoms with Crippen LogP contribution in [0.4, 0.5) is 0 Å². The Kier molecular flexibility index (Phi) is 4.69. The molecular weight excluding hydrogens is 304 g/mol. The van der Waals surface area contributed by atoms with Crippen LogP contribution < -0.4 is 0 Å². The standard InChI is InChI=1S/C8H6N2O.C7H8O3S/c11-6-10-8-4-2-1-3-7(8)5-9-10;1-6-2-4-7(5-3-6)11(8,9)10/h1-6H;2-5H,1H3,(H,8,9,10). The van der Waals surface area contributed by atoms with Crippen LogP contribution in [0.5, 0.6) is 0 Å². The van der Waals surface area contributed by atoms with Crippen molar-refractivity contribution in [2.75, 3.05) is 0 Å². The van der Waals surface area contributed by atoms with Gasteiger partial charge in [0.25, 0.3) is 10.1 Å². The quantitative estimate of drug-likeness (QED) is 0.578. The lowest BCUT2D eigenvalue weighted by Gasteiger charge is -1.95. The molecule has 0 radical (unpaired) electrons. The fraction of sp³-hybridized carbons (Fsp3) is 0.0667. The van der Waals surface area contributed by atoms with Gasteiger partial charge in [0.1, 0.15) is 0 Å². The van der Waals surface area contributed by atoms with Crippen molar-refractivity contribution in [3.05, 3.63) is 60.3 Å². The Morgan fingerprint density at radius 1 is 1.09 bits per heavy atom. The summed E-state index contributed by atoms with van der Waals surface area (Å²) in [6.07, 6.45) is 2.37. The fourth-order valence-electron chi connectivity index (χ4n) is 1.79. The molecule has 7 heteroatoms. The minimum atomic E-state index is -4.02. The van der Waals surface area contributed by atoms with Gasteiger partial charge in [-0.2, -0.15) is 13.5 Å². The van der Waals surface area contributed by atoms with Crippen LogP contribution >= 0.6 is 0 Å². The molecule has 0 aliphatic rings. The highest BCUT2D eigenvalue weighted by Crippen LogP contribution is 2.10. The van der Waals surface area contributed by atoms with E-state index < -0.39 is 10.1 Å². The van der Waals surface area contributed by atoms with Crippen LogP contribution in [0, 0.1) is 6.92 Å². The predicted octanol–water partition coefficient (Wildman–Crippen LogP) is 2.32. The second kappa shape index (κ2) is 6.50. The Labute approximate surface area is 127 Å². The van der Waals surface area contributed by atoms with E-state index in [0.717, 1.165) is 16.5 Å². The molecule has 0 saturated heterocycles. The average molecular weight is 318 g/mol. The van der Waals surface area contributed by atoms with Crippen molar-refractivity contribution in [1.82, 2.24) is 9.78 Å². The SMILES string of the molecule is Cc1ccc(S(=O)(=O)O)cc1.O=Cn1ncc2ccccc21. The zero-order chi connectivity index (χ0) is 16.2. The van der Waals surface area contributed by atoms with Gasteiger partial charge in [-0.05, 0) is 25.1 Å². The molecule has 3 rings (SSSR count). The monoisotopic (exact) mass is 318 g/mol. The topological polar surface area (TPSA) is 89.3 Å². The summed E-state index contributed by atoms with van der Waals surface area (Å²) in [5, 5.41) is 4.85. The number of fused-ring (bicyclic) bond motifs is 1. The molecule has 6 nitrogen and oxygen atoms in total. The smallest absolute Gasteiger partial charge is 0.282 e. The molecular formula is C15H14N2O4S. The maximum Gasteiger partial charge on any atom is 0.294 e. The van der Waals surface area contributed by atoms with Crippen molar-refractivity contribution in [3.8, 4) is 0 Å². The number of para-hydroxylation sites is 1. The van der Waals surface area contributed by atoms with Crippen molar-refractivity contribution in [2.24, 2.45) is 0 Å². The first-order chi connectivity index (χ1) is 10.4. The summed E-state index contributed by atoms with van der Waals surface area (Å²) in [5.41, 5.74) is 1.81. The van der Waals surface area contributed by atoms with Gasteiger partial charge in [0.2, 0.25) is 6.41 Å². The number of aryl methyl sites for hydroxylation is 1. The Morgan fingerprint density at radius 3 is 2.32 bits per heavy atom. The summed E-state index contributed by atoms with van der Waals surface area (Å²) >= 11 is 0. The molecule has 0 bridgehead atoms. The van der Waals surface area contributed by atoms with E-state index in [2.05, 4.69) is 5.10 Å². The third kappa shape index (κ3) is 3.78. The van der Waals surface area contributed by atoms with Gasteiger partial charge in [0.05, 0.1) is 16.6 Å². The van der Waals surface area contributed by atoms with Crippen LogP contribution in [0.15, 0.2) is 59.6 Å². The second-order valence-corrected chi connectivity index (χ2v) is 5.96. The van der Waals surface area contributed by atoms with Crippen LogP contribution in [0.2, 0.25) is 0 Å². The van der Waals surface area contributed by atoms with Crippen LogP contribution in [-0.2, 0) is 14.9 Å². The Hall–Kier alpha value is -2.51. The molecule has 0 atom stereocenters. The molecule has 0 fully saturated rings. The Bertz CT molecular complexity index is 883. The summed E-state index contributed by atoms with van der Waals surface area (Å²) in [5.74, 6) is 0. The summed E-state index contributed by atoms with van der Waals surface area (Å²) in [6, 6.07) is 13.6. The molecule has 1 heterocycles. The van der Waals surface area contributed by atoms with Crippen LogP contribution in [0.3, 0.4) is 0 Å². The largest absolute Gasteiger partial charge is 0.294 e. The minimum Gasteiger partial charge on any atom is -0.282 e. The first-order valence-electron chi connectivity index (χ1n) is 6.33. The first kappa shape index (κ1) is 15.9. The van der Waals surface area contributed by atoms with Crippen molar-refractivity contribution in [3.63, 3.8) is 0 Å². The minimum absolute atomic E-state index is 0.0666. The van der Waals surface area contributed by atoms with E-state index in [1.807, 2.05) is 31.2 Å². The number of aromatic nitrogens is 2. The molecule has 1 N–H and O–H groups in total. The second-order valence-electron chi connectivity index (χ2n) is 4.54. The zero-order valence-electron chi connectivity index (χ0n) is 11.7. The lowest BCUT2D eigenvalue weighted by atomic mass is 10.2. The van der Waals surface area contributed by atoms with Crippen molar-refractivity contribution < 1.29 is 17.8 Å².